The number of benzene rings is 3. The van der Waals surface area contributed by atoms with Crippen molar-refractivity contribution in [1.82, 2.24) is 0 Å². The molecule has 6 rings (SSSR count). The summed E-state index contributed by atoms with van der Waals surface area (Å²) in [6, 6.07) is 29.3. The minimum atomic E-state index is -3.59. The van der Waals surface area contributed by atoms with Gasteiger partial charge in [0.15, 0.2) is 15.6 Å². The second-order valence-corrected chi connectivity index (χ2v) is 23.0. The van der Waals surface area contributed by atoms with Crippen LogP contribution in [0.15, 0.2) is 108 Å². The summed E-state index contributed by atoms with van der Waals surface area (Å²) in [5, 5.41) is 2.00. The van der Waals surface area contributed by atoms with Crippen molar-refractivity contribution in [2.45, 2.75) is 89.9 Å². The number of ketones is 1. The number of hydrogen-bond donors (Lipinski definition) is 0. The predicted molar refractivity (Wildman–Crippen MR) is 202 cm³/mol. The first-order chi connectivity index (χ1) is 24.0. The second-order valence-electron chi connectivity index (χ2n) is 16.6. The minimum absolute atomic E-state index is 0.0641. The normalized spacial score (nSPS) is 27.4. The van der Waals surface area contributed by atoms with Gasteiger partial charge in [0, 0.05) is 6.61 Å². The fraction of sp³-hybridized carbons (Fsp3) is 0.476. The molecule has 3 aromatic carbocycles. The van der Waals surface area contributed by atoms with Crippen molar-refractivity contribution in [3.05, 3.63) is 103 Å². The van der Waals surface area contributed by atoms with Gasteiger partial charge in [0.2, 0.25) is 0 Å². The van der Waals surface area contributed by atoms with Gasteiger partial charge in [0.1, 0.15) is 12.2 Å². The van der Waals surface area contributed by atoms with Gasteiger partial charge in [0.25, 0.3) is 8.32 Å². The van der Waals surface area contributed by atoms with E-state index in [0.29, 0.717) is 19.3 Å². The number of allylic oxidation sites excluding steroid dienone is 1. The minimum Gasteiger partial charge on any atom is -0.430 e. The monoisotopic (exact) mass is 728 g/mol. The van der Waals surface area contributed by atoms with Gasteiger partial charge in [-0.25, -0.2) is 13.2 Å². The molecule has 0 unspecified atom stereocenters. The third kappa shape index (κ3) is 6.03. The van der Waals surface area contributed by atoms with Crippen LogP contribution in [0.2, 0.25) is 5.04 Å². The Morgan fingerprint density at radius 2 is 1.41 bits per heavy atom. The molecule has 9 heteroatoms. The molecular weight excluding hydrogens is 677 g/mol. The maximum atomic E-state index is 14.6. The Kier molecular flexibility index (Phi) is 9.83. The molecule has 3 aromatic rings. The van der Waals surface area contributed by atoms with Crippen LogP contribution in [0.5, 0.6) is 0 Å². The first-order valence-electron chi connectivity index (χ1n) is 18.2. The highest BCUT2D eigenvalue weighted by Gasteiger charge is 2.74. The zero-order chi connectivity index (χ0) is 36.9. The van der Waals surface area contributed by atoms with Gasteiger partial charge in [-0.3, -0.25) is 4.79 Å². The third-order valence-electron chi connectivity index (χ3n) is 12.3. The molecule has 1 saturated carbocycles. The van der Waals surface area contributed by atoms with E-state index in [4.69, 9.17) is 13.9 Å². The molecule has 1 saturated heterocycles. The van der Waals surface area contributed by atoms with E-state index in [0.717, 1.165) is 10.4 Å². The summed E-state index contributed by atoms with van der Waals surface area (Å²) in [7, 11) is -6.54. The van der Waals surface area contributed by atoms with Crippen LogP contribution in [0, 0.1) is 28.1 Å². The lowest BCUT2D eigenvalue weighted by atomic mass is 9.39. The quantitative estimate of drug-likeness (QED) is 0.149. The molecular formula is C42H52O7SSi. The van der Waals surface area contributed by atoms with Gasteiger partial charge in [-0.1, -0.05) is 133 Å². The van der Waals surface area contributed by atoms with Crippen LogP contribution in [-0.4, -0.2) is 53.2 Å². The van der Waals surface area contributed by atoms with E-state index in [9.17, 15) is 18.0 Å². The van der Waals surface area contributed by atoms with Crippen molar-refractivity contribution < 1.29 is 31.9 Å². The molecule has 5 atom stereocenters. The molecule has 51 heavy (non-hydrogen) atoms. The van der Waals surface area contributed by atoms with Crippen molar-refractivity contribution in [3.8, 4) is 0 Å². The SMILES string of the molecule is CC(C)[C@H]1OC(=O)O[C@H]2[C@@]3(CCO[Si](c4ccccc4)(c4ccccc4)C(C)(C)C)C[C@@H](CCS(=O)(=O)c4ccccc4)C(C)(C)[C@@]12C=CC3=O. The van der Waals surface area contributed by atoms with E-state index in [1.54, 1.807) is 36.4 Å². The van der Waals surface area contributed by atoms with Crippen molar-refractivity contribution >= 4 is 40.5 Å². The van der Waals surface area contributed by atoms with Gasteiger partial charge in [-0.05, 0) is 70.1 Å². The number of carbonyl (C=O) groups excluding carboxylic acids is 2. The smallest absolute Gasteiger partial charge is 0.430 e. The highest BCUT2D eigenvalue weighted by Crippen LogP contribution is 2.68. The maximum absolute atomic E-state index is 14.6. The van der Waals surface area contributed by atoms with Crippen LogP contribution >= 0.6 is 0 Å². The average Bonchev–Trinajstić information content (AvgIpc) is 3.09. The van der Waals surface area contributed by atoms with Crippen molar-refractivity contribution in [1.29, 1.82) is 0 Å². The van der Waals surface area contributed by atoms with Crippen LogP contribution in [0.4, 0.5) is 4.79 Å². The Balaban J connectivity index is 1.44. The molecule has 7 nitrogen and oxygen atoms in total. The van der Waals surface area contributed by atoms with E-state index in [2.05, 4.69) is 58.9 Å². The number of sulfone groups is 1. The summed E-state index contributed by atoms with van der Waals surface area (Å²) in [4.78, 5) is 28.1. The van der Waals surface area contributed by atoms with E-state index >= 15 is 0 Å². The van der Waals surface area contributed by atoms with Crippen molar-refractivity contribution in [2.24, 2.45) is 28.1 Å². The largest absolute Gasteiger partial charge is 0.508 e. The molecule has 0 N–H and O–H groups in total. The Hall–Kier alpha value is -3.53. The predicted octanol–water partition coefficient (Wildman–Crippen LogP) is 7.53. The topological polar surface area (TPSA) is 96.0 Å². The van der Waals surface area contributed by atoms with Crippen LogP contribution in [-0.2, 0) is 28.5 Å². The van der Waals surface area contributed by atoms with Crippen LogP contribution in [0.1, 0.15) is 67.7 Å². The molecule has 0 amide bonds. The van der Waals surface area contributed by atoms with E-state index < -0.39 is 52.8 Å². The molecule has 272 valence electrons. The summed E-state index contributed by atoms with van der Waals surface area (Å²) in [5.41, 5.74) is -2.61. The van der Waals surface area contributed by atoms with E-state index in [1.807, 2.05) is 56.3 Å². The highest BCUT2D eigenvalue weighted by atomic mass is 32.2. The Bertz CT molecular complexity index is 1830. The first kappa shape index (κ1) is 37.2. The molecule has 2 fully saturated rings. The number of rotatable bonds is 11. The van der Waals surface area contributed by atoms with Crippen LogP contribution < -0.4 is 10.4 Å². The average molecular weight is 729 g/mol. The van der Waals surface area contributed by atoms with Crippen LogP contribution in [0.3, 0.4) is 0 Å². The Morgan fingerprint density at radius 3 is 1.94 bits per heavy atom. The fourth-order valence-corrected chi connectivity index (χ4v) is 15.7. The lowest BCUT2D eigenvalue weighted by Gasteiger charge is -2.67. The summed E-state index contributed by atoms with van der Waals surface area (Å²) in [5.74, 6) is -0.477. The van der Waals surface area contributed by atoms with Crippen LogP contribution in [0.25, 0.3) is 0 Å². The summed E-state index contributed by atoms with van der Waals surface area (Å²) < 4.78 is 46.8. The molecule has 2 bridgehead atoms. The summed E-state index contributed by atoms with van der Waals surface area (Å²) >= 11 is 0. The zero-order valence-corrected chi connectivity index (χ0v) is 32.7. The Morgan fingerprint density at radius 1 is 0.863 bits per heavy atom. The Labute approximate surface area is 304 Å². The van der Waals surface area contributed by atoms with Crippen molar-refractivity contribution in [2.75, 3.05) is 12.4 Å². The van der Waals surface area contributed by atoms with Gasteiger partial charge in [0.05, 0.1) is 21.5 Å². The molecule has 1 aliphatic heterocycles. The highest BCUT2D eigenvalue weighted by molar-refractivity contribution is 7.91. The molecule has 0 aromatic heterocycles. The van der Waals surface area contributed by atoms with E-state index in [1.165, 1.54) is 0 Å². The molecule has 1 heterocycles. The second kappa shape index (κ2) is 13.5. The molecule has 3 aliphatic rings. The lowest BCUT2D eigenvalue weighted by molar-refractivity contribution is -0.261. The van der Waals surface area contributed by atoms with Gasteiger partial charge < -0.3 is 13.9 Å². The standard InChI is InChI=1S/C42H52O7SSi/c1-30(2)36-42-25-23-35(43)41(37(42)49-38(44)48-36,29-31(40(42,6)7)24-28-50(45,46)32-17-11-8-12-18-32)26-27-47-51(39(3,4)5,33-19-13-9-14-20-33)34-21-15-10-16-22-34/h8-23,25,30-31,36-37H,24,26-29H2,1-7H3/t31-,36-,37+,41+,42+/m1/s1. The van der Waals surface area contributed by atoms with Gasteiger partial charge in [-0.2, -0.15) is 0 Å². The number of carbonyl (C=O) groups is 2. The lowest BCUT2D eigenvalue weighted by Crippen LogP contribution is -2.73. The van der Waals surface area contributed by atoms with Gasteiger partial charge in [-0.15, -0.1) is 0 Å². The van der Waals surface area contributed by atoms with Gasteiger partial charge >= 0.3 is 6.16 Å². The third-order valence-corrected chi connectivity index (χ3v) is 19.1. The molecule has 0 radical (unpaired) electrons. The number of cyclic esters (lactones) is 1. The number of hydrogen-bond acceptors (Lipinski definition) is 7. The summed E-state index contributed by atoms with van der Waals surface area (Å²) in [6.45, 7) is 15.2. The zero-order valence-electron chi connectivity index (χ0n) is 30.9. The van der Waals surface area contributed by atoms with E-state index in [-0.39, 0.29) is 39.9 Å². The maximum Gasteiger partial charge on any atom is 0.508 e. The fourth-order valence-electron chi connectivity index (χ4n) is 9.71. The molecule has 2 aliphatic carbocycles. The number of ether oxygens (including phenoxy) is 2. The molecule has 0 spiro atoms. The van der Waals surface area contributed by atoms with Crippen molar-refractivity contribution in [3.63, 3.8) is 0 Å². The first-order valence-corrected chi connectivity index (χ1v) is 21.7. The summed E-state index contributed by atoms with van der Waals surface area (Å²) in [6.07, 6.45) is 2.48.